The standard InChI is InChI=1S/C14H18N2O/c1-2-11-7-9-12(10-8-11)15-16-13-5-3-4-6-14(13)17/h7-10,15H,2-6H2,1H3/b16-13+. The van der Waals surface area contributed by atoms with Gasteiger partial charge >= 0.3 is 0 Å². The van der Waals surface area contributed by atoms with Gasteiger partial charge in [-0.15, -0.1) is 0 Å². The van der Waals surface area contributed by atoms with Gasteiger partial charge in [-0.1, -0.05) is 19.1 Å². The number of carbonyl (C=O) groups is 1. The molecule has 0 amide bonds. The molecule has 90 valence electrons. The van der Waals surface area contributed by atoms with Gasteiger partial charge in [0, 0.05) is 6.42 Å². The summed E-state index contributed by atoms with van der Waals surface area (Å²) >= 11 is 0. The number of hydrogen-bond acceptors (Lipinski definition) is 3. The third-order valence-electron chi connectivity index (χ3n) is 3.07. The van der Waals surface area contributed by atoms with Gasteiger partial charge in [-0.2, -0.15) is 5.10 Å². The van der Waals surface area contributed by atoms with Crippen LogP contribution in [0.3, 0.4) is 0 Å². The highest BCUT2D eigenvalue weighted by Crippen LogP contribution is 2.14. The minimum atomic E-state index is 0.189. The van der Waals surface area contributed by atoms with E-state index in [9.17, 15) is 4.79 Å². The average Bonchev–Trinajstić information content (AvgIpc) is 2.38. The second-order valence-corrected chi connectivity index (χ2v) is 4.35. The highest BCUT2D eigenvalue weighted by Gasteiger charge is 2.16. The number of anilines is 1. The van der Waals surface area contributed by atoms with E-state index in [1.807, 2.05) is 12.1 Å². The molecule has 1 aliphatic carbocycles. The molecule has 0 spiro atoms. The molecule has 1 aromatic rings. The maximum absolute atomic E-state index is 11.5. The van der Waals surface area contributed by atoms with E-state index >= 15 is 0 Å². The normalized spacial score (nSPS) is 18.4. The molecule has 0 heterocycles. The van der Waals surface area contributed by atoms with Crippen molar-refractivity contribution in [3.63, 3.8) is 0 Å². The number of ketones is 1. The van der Waals surface area contributed by atoms with Gasteiger partial charge in [-0.05, 0) is 43.4 Å². The van der Waals surface area contributed by atoms with Crippen molar-refractivity contribution in [2.24, 2.45) is 5.10 Å². The lowest BCUT2D eigenvalue weighted by atomic mass is 9.97. The fourth-order valence-electron chi connectivity index (χ4n) is 1.93. The molecular formula is C14H18N2O. The molecule has 1 saturated carbocycles. The van der Waals surface area contributed by atoms with Crippen molar-refractivity contribution in [1.29, 1.82) is 0 Å². The van der Waals surface area contributed by atoms with Gasteiger partial charge in [-0.25, -0.2) is 0 Å². The summed E-state index contributed by atoms with van der Waals surface area (Å²) in [6, 6.07) is 8.14. The number of rotatable bonds is 3. The molecule has 3 heteroatoms. The van der Waals surface area contributed by atoms with Crippen LogP contribution in [-0.2, 0) is 11.2 Å². The molecule has 0 aromatic heterocycles. The molecule has 0 unspecified atom stereocenters. The molecule has 0 saturated heterocycles. The second kappa shape index (κ2) is 5.62. The van der Waals surface area contributed by atoms with Crippen LogP contribution in [0.15, 0.2) is 29.4 Å². The van der Waals surface area contributed by atoms with Crippen LogP contribution in [0.4, 0.5) is 5.69 Å². The van der Waals surface area contributed by atoms with E-state index in [0.29, 0.717) is 12.1 Å². The van der Waals surface area contributed by atoms with Gasteiger partial charge < -0.3 is 0 Å². The first-order valence-electron chi connectivity index (χ1n) is 6.24. The average molecular weight is 230 g/mol. The Hall–Kier alpha value is -1.64. The zero-order chi connectivity index (χ0) is 12.1. The topological polar surface area (TPSA) is 41.5 Å². The number of hydrazone groups is 1. The summed E-state index contributed by atoms with van der Waals surface area (Å²) in [7, 11) is 0. The van der Waals surface area contributed by atoms with Gasteiger partial charge in [0.1, 0.15) is 5.71 Å². The number of Topliss-reactive ketones (excluding diaryl/α,β-unsaturated/α-hetero) is 1. The van der Waals surface area contributed by atoms with Crippen LogP contribution in [0.25, 0.3) is 0 Å². The second-order valence-electron chi connectivity index (χ2n) is 4.35. The van der Waals surface area contributed by atoms with E-state index in [2.05, 4.69) is 29.6 Å². The smallest absolute Gasteiger partial charge is 0.178 e. The molecule has 1 N–H and O–H groups in total. The van der Waals surface area contributed by atoms with Crippen molar-refractivity contribution in [2.45, 2.75) is 39.0 Å². The van der Waals surface area contributed by atoms with E-state index in [1.54, 1.807) is 0 Å². The van der Waals surface area contributed by atoms with Crippen LogP contribution in [0.5, 0.6) is 0 Å². The SMILES string of the molecule is CCc1ccc(N/N=C2\CCCCC2=O)cc1. The number of benzene rings is 1. The zero-order valence-electron chi connectivity index (χ0n) is 10.2. The summed E-state index contributed by atoms with van der Waals surface area (Å²) in [6.45, 7) is 2.13. The van der Waals surface area contributed by atoms with Crippen LogP contribution in [0, 0.1) is 0 Å². The first kappa shape index (κ1) is 11.8. The summed E-state index contributed by atoms with van der Waals surface area (Å²) in [5.74, 6) is 0.189. The number of carbonyl (C=O) groups excluding carboxylic acids is 1. The molecule has 1 fully saturated rings. The molecule has 0 aliphatic heterocycles. The summed E-state index contributed by atoms with van der Waals surface area (Å²) in [6.07, 6.45) is 4.56. The van der Waals surface area contributed by atoms with Crippen LogP contribution < -0.4 is 5.43 Å². The van der Waals surface area contributed by atoms with Crippen molar-refractivity contribution < 1.29 is 4.79 Å². The number of nitrogens with one attached hydrogen (secondary N) is 1. The van der Waals surface area contributed by atoms with Gasteiger partial charge in [0.25, 0.3) is 0 Å². The molecule has 0 bridgehead atoms. The summed E-state index contributed by atoms with van der Waals surface area (Å²) in [5, 5.41) is 4.21. The molecule has 0 atom stereocenters. The first-order valence-corrected chi connectivity index (χ1v) is 6.24. The van der Waals surface area contributed by atoms with Gasteiger partial charge in [-0.3, -0.25) is 10.2 Å². The third-order valence-corrected chi connectivity index (χ3v) is 3.07. The molecule has 2 rings (SSSR count). The Morgan fingerprint density at radius 2 is 1.88 bits per heavy atom. The Labute approximate surface area is 102 Å². The maximum atomic E-state index is 11.5. The first-order chi connectivity index (χ1) is 8.29. The predicted octanol–water partition coefficient (Wildman–Crippen LogP) is 3.16. The maximum Gasteiger partial charge on any atom is 0.178 e. The van der Waals surface area contributed by atoms with E-state index in [0.717, 1.165) is 31.4 Å². The fourth-order valence-corrected chi connectivity index (χ4v) is 1.93. The zero-order valence-corrected chi connectivity index (χ0v) is 10.2. The largest absolute Gasteiger partial charge is 0.293 e. The van der Waals surface area contributed by atoms with Crippen LogP contribution in [-0.4, -0.2) is 11.5 Å². The molecule has 1 aromatic carbocycles. The quantitative estimate of drug-likeness (QED) is 0.810. The Morgan fingerprint density at radius 1 is 1.18 bits per heavy atom. The summed E-state index contributed by atoms with van der Waals surface area (Å²) in [5.41, 5.74) is 5.89. The van der Waals surface area contributed by atoms with Gasteiger partial charge in [0.15, 0.2) is 5.78 Å². The lowest BCUT2D eigenvalue weighted by Gasteiger charge is -2.11. The monoisotopic (exact) mass is 230 g/mol. The Kier molecular flexibility index (Phi) is 3.91. The minimum absolute atomic E-state index is 0.189. The number of hydrogen-bond donors (Lipinski definition) is 1. The van der Waals surface area contributed by atoms with E-state index in [1.165, 1.54) is 5.56 Å². The molecule has 3 nitrogen and oxygen atoms in total. The molecule has 0 radical (unpaired) electrons. The third kappa shape index (κ3) is 3.16. The number of nitrogens with zero attached hydrogens (tertiary/aromatic N) is 1. The predicted molar refractivity (Wildman–Crippen MR) is 70.4 cm³/mol. The molecule has 17 heavy (non-hydrogen) atoms. The fraction of sp³-hybridized carbons (Fsp3) is 0.429. The van der Waals surface area contributed by atoms with Crippen LogP contribution in [0.1, 0.15) is 38.2 Å². The van der Waals surface area contributed by atoms with E-state index in [4.69, 9.17) is 0 Å². The Balaban J connectivity index is 2.00. The van der Waals surface area contributed by atoms with Crippen molar-refractivity contribution in [1.82, 2.24) is 0 Å². The van der Waals surface area contributed by atoms with Crippen LogP contribution >= 0.6 is 0 Å². The lowest BCUT2D eigenvalue weighted by Crippen LogP contribution is -2.19. The van der Waals surface area contributed by atoms with Crippen LogP contribution in [0.2, 0.25) is 0 Å². The summed E-state index contributed by atoms with van der Waals surface area (Å²) in [4.78, 5) is 11.5. The van der Waals surface area contributed by atoms with Gasteiger partial charge in [0.2, 0.25) is 0 Å². The van der Waals surface area contributed by atoms with E-state index < -0.39 is 0 Å². The number of aryl methyl sites for hydroxylation is 1. The lowest BCUT2D eigenvalue weighted by molar-refractivity contribution is -0.113. The van der Waals surface area contributed by atoms with Crippen molar-refractivity contribution in [3.8, 4) is 0 Å². The van der Waals surface area contributed by atoms with Crippen molar-refractivity contribution >= 4 is 17.2 Å². The Morgan fingerprint density at radius 3 is 2.53 bits per heavy atom. The minimum Gasteiger partial charge on any atom is -0.293 e. The summed E-state index contributed by atoms with van der Waals surface area (Å²) < 4.78 is 0. The highest BCUT2D eigenvalue weighted by atomic mass is 16.1. The van der Waals surface area contributed by atoms with E-state index in [-0.39, 0.29) is 5.78 Å². The Bertz CT molecular complexity index is 420. The highest BCUT2D eigenvalue weighted by molar-refractivity contribution is 6.40. The van der Waals surface area contributed by atoms with Crippen molar-refractivity contribution in [2.75, 3.05) is 5.43 Å². The molecular weight excluding hydrogens is 212 g/mol. The van der Waals surface area contributed by atoms with Gasteiger partial charge in [0.05, 0.1) is 5.69 Å². The van der Waals surface area contributed by atoms with Crippen molar-refractivity contribution in [3.05, 3.63) is 29.8 Å². The molecule has 1 aliphatic rings.